The lowest BCUT2D eigenvalue weighted by Gasteiger charge is -2.43. The highest BCUT2D eigenvalue weighted by atomic mass is 19.1. The van der Waals surface area contributed by atoms with E-state index in [2.05, 4.69) is 48.8 Å². The Morgan fingerprint density at radius 1 is 1.04 bits per heavy atom. The molecule has 0 unspecified atom stereocenters. The van der Waals surface area contributed by atoms with Crippen LogP contribution in [0, 0.1) is 11.6 Å². The number of piperidine rings is 1. The minimum Gasteiger partial charge on any atom is -0.494 e. The van der Waals surface area contributed by atoms with Gasteiger partial charge in [0.05, 0.1) is 36.8 Å². The van der Waals surface area contributed by atoms with Crippen LogP contribution in [0.3, 0.4) is 0 Å². The number of hydroxylamine groups is 1. The number of carbonyl (C=O) groups is 1. The van der Waals surface area contributed by atoms with Gasteiger partial charge in [0.15, 0.2) is 5.82 Å². The molecule has 1 amide bonds. The van der Waals surface area contributed by atoms with Crippen molar-refractivity contribution in [2.45, 2.75) is 38.3 Å². The molecule has 3 aliphatic heterocycles. The Balaban J connectivity index is 1.22. The van der Waals surface area contributed by atoms with E-state index >= 15 is 0 Å². The molecular formula is C34H42F2N8O3. The Morgan fingerprint density at radius 2 is 1.79 bits per heavy atom. The molecule has 6 rings (SSSR count). The number of methoxy groups -OCH3 is 1. The van der Waals surface area contributed by atoms with Gasteiger partial charge in [0.25, 0.3) is 0 Å². The standard InChI is InChI=1S/C34H42F2N8O3/c1-4-33(45)40-26-19-27(30(46-3)20-29(26)43-12-9-23(10-13-43)42-16-14-41(5-2)15-17-42)39-31-21-32(38-22-37-31)44-28(11-18-47-44)34-24(35)7-6-8-25(34)36/h4,6-8,19-23,28H,1,5,9-18H2,2-3H3,(H,40,45)(H,37,38,39)/t28-/m0/s1. The number of likely N-dealkylation sites (N-methyl/N-ethyl adjacent to an activating group) is 1. The number of hydrogen-bond donors (Lipinski definition) is 2. The van der Waals surface area contributed by atoms with E-state index < -0.39 is 17.7 Å². The zero-order chi connectivity index (χ0) is 32.9. The van der Waals surface area contributed by atoms with Crippen LogP contribution in [-0.4, -0.2) is 91.2 Å². The summed E-state index contributed by atoms with van der Waals surface area (Å²) in [5, 5.41) is 7.66. The van der Waals surface area contributed by atoms with Gasteiger partial charge in [-0.3, -0.25) is 14.5 Å². The molecule has 3 aromatic rings. The largest absolute Gasteiger partial charge is 0.494 e. The molecule has 47 heavy (non-hydrogen) atoms. The van der Waals surface area contributed by atoms with Crippen LogP contribution in [0.2, 0.25) is 0 Å². The maximum atomic E-state index is 14.7. The van der Waals surface area contributed by atoms with Crippen molar-refractivity contribution in [3.8, 4) is 5.75 Å². The summed E-state index contributed by atoms with van der Waals surface area (Å²) >= 11 is 0. The fourth-order valence-electron chi connectivity index (χ4n) is 6.76. The van der Waals surface area contributed by atoms with Crippen LogP contribution in [-0.2, 0) is 9.63 Å². The highest BCUT2D eigenvalue weighted by molar-refractivity contribution is 6.02. The van der Waals surface area contributed by atoms with Crippen molar-refractivity contribution in [1.82, 2.24) is 19.8 Å². The van der Waals surface area contributed by atoms with Crippen molar-refractivity contribution in [2.75, 3.05) is 80.1 Å². The fraction of sp³-hybridized carbons (Fsp3) is 0.441. The monoisotopic (exact) mass is 648 g/mol. The molecule has 0 bridgehead atoms. The third-order valence-electron chi connectivity index (χ3n) is 9.32. The Morgan fingerprint density at radius 3 is 2.47 bits per heavy atom. The molecule has 2 N–H and O–H groups in total. The van der Waals surface area contributed by atoms with Gasteiger partial charge < -0.3 is 25.2 Å². The molecule has 3 fully saturated rings. The number of nitrogens with zero attached hydrogens (tertiary/aromatic N) is 6. The number of rotatable bonds is 10. The zero-order valence-electron chi connectivity index (χ0n) is 26.9. The van der Waals surface area contributed by atoms with Crippen LogP contribution in [0.4, 0.5) is 37.5 Å². The first-order valence-corrected chi connectivity index (χ1v) is 16.2. The third kappa shape index (κ3) is 7.16. The van der Waals surface area contributed by atoms with Gasteiger partial charge in [-0.1, -0.05) is 19.6 Å². The van der Waals surface area contributed by atoms with Crippen LogP contribution in [0.1, 0.15) is 37.8 Å². The van der Waals surface area contributed by atoms with Crippen LogP contribution in [0.5, 0.6) is 5.75 Å². The SMILES string of the molecule is C=CC(=O)Nc1cc(Nc2cc(N3OCC[C@H]3c3c(F)cccc3F)ncn2)c(OC)cc1N1CCC(N2CCN(CC)CC2)CC1. The number of benzene rings is 2. The van der Waals surface area contributed by atoms with Gasteiger partial charge in [-0.2, -0.15) is 0 Å². The van der Waals surface area contributed by atoms with E-state index in [1.807, 2.05) is 12.1 Å². The Labute approximate surface area is 274 Å². The summed E-state index contributed by atoms with van der Waals surface area (Å²) in [4.78, 5) is 34.4. The molecule has 0 spiro atoms. The minimum absolute atomic E-state index is 0.0684. The van der Waals surface area contributed by atoms with Crippen LogP contribution >= 0.6 is 0 Å². The van der Waals surface area contributed by atoms with Crippen molar-refractivity contribution in [1.29, 1.82) is 0 Å². The van der Waals surface area contributed by atoms with Crippen molar-refractivity contribution < 1.29 is 23.1 Å². The first-order chi connectivity index (χ1) is 22.9. The lowest BCUT2D eigenvalue weighted by molar-refractivity contribution is -0.111. The average Bonchev–Trinajstić information content (AvgIpc) is 3.58. The summed E-state index contributed by atoms with van der Waals surface area (Å²) in [6.45, 7) is 13.3. The molecule has 3 saturated heterocycles. The van der Waals surface area contributed by atoms with Crippen molar-refractivity contribution in [2.24, 2.45) is 0 Å². The number of hydrogen-bond acceptors (Lipinski definition) is 10. The highest BCUT2D eigenvalue weighted by Crippen LogP contribution is 2.41. The zero-order valence-corrected chi connectivity index (χ0v) is 26.9. The molecule has 4 heterocycles. The maximum absolute atomic E-state index is 14.7. The summed E-state index contributed by atoms with van der Waals surface area (Å²) in [5.74, 6) is -0.324. The number of piperazine rings is 1. The van der Waals surface area contributed by atoms with E-state index in [9.17, 15) is 13.6 Å². The van der Waals surface area contributed by atoms with E-state index in [1.54, 1.807) is 13.2 Å². The number of amides is 1. The third-order valence-corrected chi connectivity index (χ3v) is 9.32. The van der Waals surface area contributed by atoms with E-state index in [1.165, 1.54) is 35.7 Å². The summed E-state index contributed by atoms with van der Waals surface area (Å²) < 4.78 is 35.1. The second-order valence-corrected chi connectivity index (χ2v) is 11.9. The molecule has 11 nitrogen and oxygen atoms in total. The normalized spacial score (nSPS) is 19.5. The second-order valence-electron chi connectivity index (χ2n) is 11.9. The number of ether oxygens (including phenoxy) is 1. The smallest absolute Gasteiger partial charge is 0.247 e. The molecule has 0 radical (unpaired) electrons. The van der Waals surface area contributed by atoms with Crippen LogP contribution < -0.4 is 25.3 Å². The molecule has 250 valence electrons. The van der Waals surface area contributed by atoms with Crippen LogP contribution in [0.15, 0.2) is 55.4 Å². The predicted octanol–water partition coefficient (Wildman–Crippen LogP) is 5.12. The summed E-state index contributed by atoms with van der Waals surface area (Å²) in [6, 6.07) is 9.02. The highest BCUT2D eigenvalue weighted by Gasteiger charge is 2.34. The Kier molecular flexibility index (Phi) is 10.1. The van der Waals surface area contributed by atoms with Gasteiger partial charge in [0.2, 0.25) is 5.91 Å². The van der Waals surface area contributed by atoms with E-state index in [-0.39, 0.29) is 18.1 Å². The molecule has 1 atom stereocenters. The van der Waals surface area contributed by atoms with E-state index in [4.69, 9.17) is 9.57 Å². The number of halogens is 2. The fourth-order valence-corrected chi connectivity index (χ4v) is 6.76. The molecule has 3 aliphatic rings. The van der Waals surface area contributed by atoms with Gasteiger partial charge in [-0.05, 0) is 43.7 Å². The van der Waals surface area contributed by atoms with Gasteiger partial charge in [0.1, 0.15) is 29.5 Å². The molecule has 1 aromatic heterocycles. The minimum atomic E-state index is -0.696. The van der Waals surface area contributed by atoms with Gasteiger partial charge in [-0.25, -0.2) is 23.8 Å². The van der Waals surface area contributed by atoms with Crippen LogP contribution in [0.25, 0.3) is 0 Å². The maximum Gasteiger partial charge on any atom is 0.247 e. The molecule has 2 aromatic carbocycles. The quantitative estimate of drug-likeness (QED) is 0.289. The van der Waals surface area contributed by atoms with Gasteiger partial charge in [-0.15, -0.1) is 0 Å². The summed E-state index contributed by atoms with van der Waals surface area (Å²) in [6.07, 6.45) is 5.04. The first kappa shape index (κ1) is 32.6. The second kappa shape index (κ2) is 14.6. The lowest BCUT2D eigenvalue weighted by Crippen LogP contribution is -2.53. The Hall–Kier alpha value is -4.33. The average molecular weight is 649 g/mol. The van der Waals surface area contributed by atoms with Crippen molar-refractivity contribution in [3.63, 3.8) is 0 Å². The molecule has 0 aliphatic carbocycles. The first-order valence-electron chi connectivity index (χ1n) is 16.2. The van der Waals surface area contributed by atoms with Crippen molar-refractivity contribution in [3.05, 3.63) is 72.6 Å². The number of anilines is 5. The summed E-state index contributed by atoms with van der Waals surface area (Å²) in [5.41, 5.74) is 1.96. The van der Waals surface area contributed by atoms with Crippen molar-refractivity contribution >= 4 is 34.6 Å². The number of carbonyl (C=O) groups excluding carboxylic acids is 1. The van der Waals surface area contributed by atoms with E-state index in [0.717, 1.165) is 64.3 Å². The summed E-state index contributed by atoms with van der Waals surface area (Å²) in [7, 11) is 1.59. The predicted molar refractivity (Wildman–Crippen MR) is 178 cm³/mol. The molecule has 0 saturated carbocycles. The number of nitrogens with one attached hydrogen (secondary N) is 2. The Bertz CT molecular complexity index is 1560. The molecular weight excluding hydrogens is 606 g/mol. The van der Waals surface area contributed by atoms with E-state index in [0.29, 0.717) is 41.2 Å². The van der Waals surface area contributed by atoms with Gasteiger partial charge >= 0.3 is 0 Å². The topological polar surface area (TPSA) is 98.3 Å². The van der Waals surface area contributed by atoms with Gasteiger partial charge in [0, 0.05) is 69.4 Å². The molecule has 13 heteroatoms. The number of aromatic nitrogens is 2. The lowest BCUT2D eigenvalue weighted by atomic mass is 10.0.